The van der Waals surface area contributed by atoms with E-state index in [2.05, 4.69) is 26.8 Å². The topological polar surface area (TPSA) is 29.5 Å². The van der Waals surface area contributed by atoms with Crippen molar-refractivity contribution in [3.05, 3.63) is 23.3 Å². The molecule has 0 saturated heterocycles. The summed E-state index contributed by atoms with van der Waals surface area (Å²) in [7, 11) is 0. The van der Waals surface area contributed by atoms with Crippen molar-refractivity contribution in [1.82, 2.24) is 0 Å². The van der Waals surface area contributed by atoms with E-state index in [1.54, 1.807) is 0 Å². The number of hydrogen-bond donors (Lipinski definition) is 1. The normalized spacial score (nSPS) is 32.1. The summed E-state index contributed by atoms with van der Waals surface area (Å²) in [5, 5.41) is 10.4. The van der Waals surface area contributed by atoms with Crippen molar-refractivity contribution < 1.29 is 9.84 Å². The van der Waals surface area contributed by atoms with Crippen LogP contribution in [0, 0.1) is 18.8 Å². The number of aryl methyl sites for hydroxylation is 1. The van der Waals surface area contributed by atoms with E-state index in [0.29, 0.717) is 17.6 Å². The van der Waals surface area contributed by atoms with Crippen molar-refractivity contribution in [2.75, 3.05) is 0 Å². The van der Waals surface area contributed by atoms with Gasteiger partial charge in [-0.3, -0.25) is 0 Å². The van der Waals surface area contributed by atoms with Gasteiger partial charge in [-0.2, -0.15) is 0 Å². The van der Waals surface area contributed by atoms with Crippen LogP contribution >= 0.6 is 0 Å². The highest BCUT2D eigenvalue weighted by Crippen LogP contribution is 2.55. The number of phenolic OH excluding ortho intramolecular Hbond substituents is 1. The first kappa shape index (κ1) is 12.8. The van der Waals surface area contributed by atoms with Crippen molar-refractivity contribution >= 4 is 0 Å². The van der Waals surface area contributed by atoms with Crippen LogP contribution in [0.2, 0.25) is 0 Å². The Bertz CT molecular complexity index is 504. The average molecular weight is 260 g/mol. The van der Waals surface area contributed by atoms with E-state index >= 15 is 0 Å². The third-order valence-corrected chi connectivity index (χ3v) is 5.01. The predicted octanol–water partition coefficient (Wildman–Crippen LogP) is 4.39. The smallest absolute Gasteiger partial charge is 0.127 e. The van der Waals surface area contributed by atoms with Gasteiger partial charge in [0.2, 0.25) is 0 Å². The zero-order valence-corrected chi connectivity index (χ0v) is 12.4. The van der Waals surface area contributed by atoms with E-state index in [0.717, 1.165) is 22.8 Å². The highest BCUT2D eigenvalue weighted by atomic mass is 16.5. The molecule has 0 unspecified atom stereocenters. The summed E-state index contributed by atoms with van der Waals surface area (Å²) < 4.78 is 6.23. The fourth-order valence-electron chi connectivity index (χ4n) is 4.09. The Morgan fingerprint density at radius 3 is 2.74 bits per heavy atom. The minimum atomic E-state index is -0.127. The largest absolute Gasteiger partial charge is 0.508 e. The maximum absolute atomic E-state index is 10.4. The lowest BCUT2D eigenvalue weighted by Gasteiger charge is -2.48. The van der Waals surface area contributed by atoms with E-state index in [9.17, 15) is 5.11 Å². The zero-order valence-electron chi connectivity index (χ0n) is 12.4. The number of ether oxygens (including phenoxy) is 1. The number of phenols is 1. The Labute approximate surface area is 115 Å². The van der Waals surface area contributed by atoms with Crippen LogP contribution < -0.4 is 4.74 Å². The standard InChI is InChI=1S/C17H24O2/c1-10-5-6-13-12(7-10)16-14(18)8-11(2)9-15(16)19-17(13,3)4/h8-10,12-13,18H,5-7H2,1-4H3/t10-,12-,13-/m1/s1. The maximum atomic E-state index is 10.4. The van der Waals surface area contributed by atoms with E-state index in [-0.39, 0.29) is 5.60 Å². The molecule has 0 aromatic heterocycles. The van der Waals surface area contributed by atoms with Crippen molar-refractivity contribution in [2.24, 2.45) is 11.8 Å². The highest BCUT2D eigenvalue weighted by Gasteiger charge is 2.46. The molecular formula is C17H24O2. The Hall–Kier alpha value is -1.18. The number of benzene rings is 1. The predicted molar refractivity (Wildman–Crippen MR) is 76.8 cm³/mol. The molecule has 1 saturated carbocycles. The molecule has 1 aromatic rings. The molecule has 2 nitrogen and oxygen atoms in total. The first-order chi connectivity index (χ1) is 8.88. The minimum absolute atomic E-state index is 0.127. The van der Waals surface area contributed by atoms with Gasteiger partial charge in [0, 0.05) is 11.5 Å². The number of fused-ring (bicyclic) bond motifs is 3. The number of aromatic hydroxyl groups is 1. The number of rotatable bonds is 0. The SMILES string of the molecule is Cc1cc(O)c2c(c1)OC(C)(C)[C@@H]1CC[C@@H](C)C[C@@H]21. The summed E-state index contributed by atoms with van der Waals surface area (Å²) in [6, 6.07) is 3.95. The molecule has 0 spiro atoms. The van der Waals surface area contributed by atoms with Crippen molar-refractivity contribution in [1.29, 1.82) is 0 Å². The summed E-state index contributed by atoms with van der Waals surface area (Å²) in [6.45, 7) is 8.72. The lowest BCUT2D eigenvalue weighted by Crippen LogP contribution is -2.46. The average Bonchev–Trinajstić information content (AvgIpc) is 2.25. The van der Waals surface area contributed by atoms with Crippen LogP contribution in [0.4, 0.5) is 0 Å². The van der Waals surface area contributed by atoms with E-state index in [1.165, 1.54) is 19.3 Å². The molecule has 1 N–H and O–H groups in total. The molecule has 0 bridgehead atoms. The molecule has 1 aliphatic heterocycles. The molecule has 104 valence electrons. The van der Waals surface area contributed by atoms with Crippen LogP contribution in [0.25, 0.3) is 0 Å². The van der Waals surface area contributed by atoms with Gasteiger partial charge in [-0.05, 0) is 63.1 Å². The fraction of sp³-hybridized carbons (Fsp3) is 0.647. The Kier molecular flexibility index (Phi) is 2.81. The second kappa shape index (κ2) is 4.16. The van der Waals surface area contributed by atoms with Crippen molar-refractivity contribution in [3.63, 3.8) is 0 Å². The van der Waals surface area contributed by atoms with Gasteiger partial charge in [-0.25, -0.2) is 0 Å². The van der Waals surface area contributed by atoms with Crippen LogP contribution in [-0.4, -0.2) is 10.7 Å². The van der Waals surface area contributed by atoms with Gasteiger partial charge in [-0.1, -0.05) is 13.3 Å². The van der Waals surface area contributed by atoms with Gasteiger partial charge >= 0.3 is 0 Å². The second-order valence-corrected chi connectivity index (χ2v) is 7.03. The van der Waals surface area contributed by atoms with Gasteiger partial charge in [0.15, 0.2) is 0 Å². The Balaban J connectivity index is 2.13. The third-order valence-electron chi connectivity index (χ3n) is 5.01. The van der Waals surface area contributed by atoms with Gasteiger partial charge in [0.25, 0.3) is 0 Å². The molecule has 3 rings (SSSR count). The van der Waals surface area contributed by atoms with Crippen LogP contribution in [0.3, 0.4) is 0 Å². The first-order valence-corrected chi connectivity index (χ1v) is 7.41. The van der Waals surface area contributed by atoms with Crippen LogP contribution in [0.5, 0.6) is 11.5 Å². The van der Waals surface area contributed by atoms with Gasteiger partial charge in [-0.15, -0.1) is 0 Å². The Morgan fingerprint density at radius 1 is 1.26 bits per heavy atom. The molecular weight excluding hydrogens is 236 g/mol. The molecule has 1 heterocycles. The molecule has 1 aliphatic carbocycles. The molecule has 2 aliphatic rings. The van der Waals surface area contributed by atoms with E-state index < -0.39 is 0 Å². The molecule has 2 heteroatoms. The van der Waals surface area contributed by atoms with Crippen molar-refractivity contribution in [3.8, 4) is 11.5 Å². The second-order valence-electron chi connectivity index (χ2n) is 7.03. The molecule has 1 aromatic carbocycles. The van der Waals surface area contributed by atoms with E-state index in [4.69, 9.17) is 4.74 Å². The van der Waals surface area contributed by atoms with E-state index in [1.807, 2.05) is 13.0 Å². The van der Waals surface area contributed by atoms with Gasteiger partial charge < -0.3 is 9.84 Å². The molecule has 3 atom stereocenters. The van der Waals surface area contributed by atoms with Gasteiger partial charge in [0.05, 0.1) is 0 Å². The summed E-state index contributed by atoms with van der Waals surface area (Å²) in [5.74, 6) is 3.03. The summed E-state index contributed by atoms with van der Waals surface area (Å²) >= 11 is 0. The molecule has 1 fully saturated rings. The summed E-state index contributed by atoms with van der Waals surface area (Å²) in [6.07, 6.45) is 3.64. The summed E-state index contributed by atoms with van der Waals surface area (Å²) in [4.78, 5) is 0. The van der Waals surface area contributed by atoms with Crippen LogP contribution in [0.15, 0.2) is 12.1 Å². The monoisotopic (exact) mass is 260 g/mol. The Morgan fingerprint density at radius 2 is 2.00 bits per heavy atom. The molecule has 19 heavy (non-hydrogen) atoms. The quantitative estimate of drug-likeness (QED) is 0.749. The maximum Gasteiger partial charge on any atom is 0.127 e. The lowest BCUT2D eigenvalue weighted by atomic mass is 9.64. The first-order valence-electron chi connectivity index (χ1n) is 7.41. The van der Waals surface area contributed by atoms with Crippen LogP contribution in [0.1, 0.15) is 57.1 Å². The van der Waals surface area contributed by atoms with Crippen molar-refractivity contribution in [2.45, 2.75) is 58.5 Å². The fourth-order valence-corrected chi connectivity index (χ4v) is 4.09. The minimum Gasteiger partial charge on any atom is -0.508 e. The third kappa shape index (κ3) is 2.01. The lowest BCUT2D eigenvalue weighted by molar-refractivity contribution is -0.0145. The van der Waals surface area contributed by atoms with Crippen LogP contribution in [-0.2, 0) is 0 Å². The van der Waals surface area contributed by atoms with Gasteiger partial charge in [0.1, 0.15) is 17.1 Å². The zero-order chi connectivity index (χ0) is 13.8. The number of hydrogen-bond acceptors (Lipinski definition) is 2. The highest BCUT2D eigenvalue weighted by molar-refractivity contribution is 5.51. The molecule has 0 amide bonds. The summed E-state index contributed by atoms with van der Waals surface area (Å²) in [5.41, 5.74) is 1.99. The molecule has 0 radical (unpaired) electrons.